The predicted molar refractivity (Wildman–Crippen MR) is 454 cm³/mol. The highest BCUT2D eigenvalue weighted by molar-refractivity contribution is 6.00. The van der Waals surface area contributed by atoms with Gasteiger partial charge in [-0.05, 0) is 198 Å². The lowest BCUT2D eigenvalue weighted by Gasteiger charge is -2.29. The van der Waals surface area contributed by atoms with Crippen LogP contribution in [0.1, 0.15) is 235 Å². The molecule has 0 aliphatic carbocycles. The summed E-state index contributed by atoms with van der Waals surface area (Å²) in [7, 11) is 0. The SMILES string of the molecule is CC[C@H](C)[C@H](NC(=O)[C@H](CCCCN)NC(=O)[C@H](CCCCN)NC(=O)[C@H](CC(C)C)NC(=O)[C@H](CCCCN)NC(=O)[C@H](CCC(=O)O)NC(=O)[C@H](CCCCN)NC(=O)[C@@H](NC(=O)[C@@H](N)CCCCN)[C@@H](C)CC)C(=O)NCC(=O)N[C@@H](CCC(N)=O)C(=O)N[C@@H](CCCCN)C(=O)N[C@H](C(=O)N[C@@H](CCC(N)=O)C(=O)NCC(=O)O)[C@@H](C)CC. The molecule has 43 heteroatoms. The van der Waals surface area contributed by atoms with Gasteiger partial charge in [0.15, 0.2) is 0 Å². The molecule has 0 rings (SSSR count). The monoisotopic (exact) mass is 1740 g/mol. The van der Waals surface area contributed by atoms with Crippen molar-refractivity contribution in [2.75, 3.05) is 52.4 Å². The number of carboxylic acids is 2. The highest BCUT2D eigenvalue weighted by Crippen LogP contribution is 2.18. The number of hydrogen-bond donors (Lipinski definition) is 25. The maximum atomic E-state index is 14.7. The van der Waals surface area contributed by atoms with E-state index in [1.807, 2.05) is 0 Å². The van der Waals surface area contributed by atoms with E-state index in [1.54, 1.807) is 55.4 Å². The maximum absolute atomic E-state index is 14.7. The average molecular weight is 1740 g/mol. The summed E-state index contributed by atoms with van der Waals surface area (Å²) in [5.74, 6) is -18.9. The van der Waals surface area contributed by atoms with Crippen molar-refractivity contribution >= 4 is 106 Å². The molecule has 0 aliphatic rings. The van der Waals surface area contributed by atoms with Crippen molar-refractivity contribution in [3.8, 4) is 0 Å². The molecule has 0 aromatic heterocycles. The highest BCUT2D eigenvalue weighted by Gasteiger charge is 2.39. The third-order valence-corrected chi connectivity index (χ3v) is 20.7. The quantitative estimate of drug-likeness (QED) is 0.0253. The number of nitrogens with two attached hydrogens (primary N) is 9. The number of rotatable bonds is 70. The first-order valence-corrected chi connectivity index (χ1v) is 42.9. The summed E-state index contributed by atoms with van der Waals surface area (Å²) in [5, 5.41) is 55.1. The van der Waals surface area contributed by atoms with Gasteiger partial charge in [0.05, 0.1) is 12.6 Å². The van der Waals surface area contributed by atoms with Gasteiger partial charge in [0.1, 0.15) is 79.0 Å². The Kier molecular flexibility index (Phi) is 58.9. The number of carbonyl (C=O) groups is 18. The molecule has 0 spiro atoms. The van der Waals surface area contributed by atoms with Crippen molar-refractivity contribution in [1.82, 2.24) is 74.4 Å². The Morgan fingerprint density at radius 1 is 0.270 bits per heavy atom. The number of carbonyl (C=O) groups excluding carboxylic acids is 16. The van der Waals surface area contributed by atoms with Crippen LogP contribution in [0.15, 0.2) is 0 Å². The Labute approximate surface area is 715 Å². The molecule has 0 heterocycles. The predicted octanol–water partition coefficient (Wildman–Crippen LogP) is -5.20. The highest BCUT2D eigenvalue weighted by atomic mass is 16.4. The number of hydrogen-bond acceptors (Lipinski definition) is 25. The second kappa shape index (κ2) is 64.0. The van der Waals surface area contributed by atoms with Crippen molar-refractivity contribution in [1.29, 1.82) is 0 Å². The van der Waals surface area contributed by atoms with Gasteiger partial charge in [-0.3, -0.25) is 86.3 Å². The molecule has 43 nitrogen and oxygen atoms in total. The van der Waals surface area contributed by atoms with Gasteiger partial charge < -0.3 is 136 Å². The molecule has 698 valence electrons. The van der Waals surface area contributed by atoms with Crippen LogP contribution in [-0.4, -0.2) is 248 Å². The van der Waals surface area contributed by atoms with Gasteiger partial charge in [-0.15, -0.1) is 0 Å². The van der Waals surface area contributed by atoms with Crippen LogP contribution in [0.3, 0.4) is 0 Å². The second-order valence-corrected chi connectivity index (χ2v) is 31.4. The summed E-state index contributed by atoms with van der Waals surface area (Å²) in [6.45, 7) is 13.3. The van der Waals surface area contributed by atoms with Crippen molar-refractivity contribution in [3.63, 3.8) is 0 Å². The topological polar surface area (TPSA) is 750 Å². The number of unbranched alkanes of at least 4 members (excludes halogenated alkanes) is 6. The first-order valence-electron chi connectivity index (χ1n) is 42.9. The summed E-state index contributed by atoms with van der Waals surface area (Å²) < 4.78 is 0. The minimum Gasteiger partial charge on any atom is -0.481 e. The zero-order valence-corrected chi connectivity index (χ0v) is 72.7. The molecule has 0 aliphatic heterocycles. The smallest absolute Gasteiger partial charge is 0.322 e. The summed E-state index contributed by atoms with van der Waals surface area (Å²) in [6.07, 6.45) is 2.63. The van der Waals surface area contributed by atoms with E-state index in [-0.39, 0.29) is 122 Å². The van der Waals surface area contributed by atoms with Gasteiger partial charge >= 0.3 is 11.9 Å². The van der Waals surface area contributed by atoms with Crippen LogP contribution in [-0.2, 0) is 86.3 Å². The normalized spacial score (nSPS) is 15.1. The molecule has 0 fully saturated rings. The molecule has 0 saturated heterocycles. The average Bonchev–Trinajstić information content (AvgIpc) is 0.856. The number of primary amides is 2. The molecule has 16 atom stereocenters. The molecule has 122 heavy (non-hydrogen) atoms. The van der Waals surface area contributed by atoms with Gasteiger partial charge in [-0.25, -0.2) is 0 Å². The second-order valence-electron chi connectivity index (χ2n) is 31.4. The molecule has 0 aromatic rings. The first kappa shape index (κ1) is 112. The summed E-state index contributed by atoms with van der Waals surface area (Å²) in [6, 6.07) is -18.0. The third kappa shape index (κ3) is 47.0. The van der Waals surface area contributed by atoms with E-state index >= 15 is 0 Å². The Hall–Kier alpha value is -9.82. The molecule has 0 radical (unpaired) electrons. The van der Waals surface area contributed by atoms with Crippen LogP contribution in [0.2, 0.25) is 0 Å². The zero-order valence-electron chi connectivity index (χ0n) is 72.7. The van der Waals surface area contributed by atoms with Crippen LogP contribution in [0.4, 0.5) is 0 Å². The standard InChI is InChI=1S/C79H147N23O20/c1-9-46(6)64(77(120)89-43-61(105)91-56(31-34-60(88)104)72(115)94-54(29-17-23-41-85)75(118)102-66(48(8)11-3)79(122)98-55(30-33-59(87)103)68(111)90-44-63(108)109)101-74(117)53(28-16-22-40-84)93-69(112)50(25-13-19-37-81)95-76(119)58(42-45(4)5)99-71(114)51(26-14-20-38-82)92-73(116)57(32-35-62(106)107)96-70(113)52(27-15-21-39-83)97-78(121)65(47(7)10-2)100-67(110)49(86)24-12-18-36-80/h45-58,64-66H,9-44,80-86H2,1-8H3,(H2,87,103)(H2,88,104)(H,89,120)(H,90,111)(H,91,105)(H,92,116)(H,93,112)(H,94,115)(H,95,119)(H,96,113)(H,97,121)(H,98,122)(H,99,114)(H,100,110)(H,101,117)(H,102,118)(H,106,107)(H,108,109)/t46-,47-,48-,49-,50-,51-,52-,53-,54-,55-,56-,57-,58-,64-,65-,66-/m0/s1. The fourth-order valence-electron chi connectivity index (χ4n) is 12.6. The molecule has 0 aromatic carbocycles. The van der Waals surface area contributed by atoms with Crippen LogP contribution < -0.4 is 126 Å². The number of aliphatic carboxylic acids is 2. The van der Waals surface area contributed by atoms with Gasteiger partial charge in [0.25, 0.3) is 0 Å². The molecule has 0 unspecified atom stereocenters. The summed E-state index contributed by atoms with van der Waals surface area (Å²) in [4.78, 5) is 246. The fraction of sp³-hybridized carbons (Fsp3) is 0.772. The van der Waals surface area contributed by atoms with Crippen molar-refractivity contribution in [2.45, 2.75) is 314 Å². The van der Waals surface area contributed by atoms with Crippen LogP contribution in [0.5, 0.6) is 0 Å². The van der Waals surface area contributed by atoms with Crippen molar-refractivity contribution in [3.05, 3.63) is 0 Å². The van der Waals surface area contributed by atoms with Gasteiger partial charge in [-0.2, -0.15) is 0 Å². The van der Waals surface area contributed by atoms with E-state index in [1.165, 1.54) is 0 Å². The Balaban J connectivity index is 7.23. The Morgan fingerprint density at radius 2 is 0.525 bits per heavy atom. The minimum atomic E-state index is -1.63. The van der Waals surface area contributed by atoms with Gasteiger partial charge in [0.2, 0.25) is 94.5 Å². The van der Waals surface area contributed by atoms with Gasteiger partial charge in [-0.1, -0.05) is 81.1 Å². The Morgan fingerprint density at radius 3 is 0.828 bits per heavy atom. The first-order chi connectivity index (χ1) is 57.7. The number of nitrogens with one attached hydrogen (secondary N) is 14. The van der Waals surface area contributed by atoms with E-state index in [9.17, 15) is 91.4 Å². The maximum Gasteiger partial charge on any atom is 0.322 e. The molecular weight excluding hydrogens is 1590 g/mol. The van der Waals surface area contributed by atoms with Gasteiger partial charge in [0, 0.05) is 19.3 Å². The fourth-order valence-corrected chi connectivity index (χ4v) is 12.6. The van der Waals surface area contributed by atoms with Crippen molar-refractivity contribution in [2.24, 2.45) is 75.3 Å². The molecular formula is C79H147N23O20. The zero-order chi connectivity index (χ0) is 92.6. The third-order valence-electron chi connectivity index (χ3n) is 20.7. The van der Waals surface area contributed by atoms with E-state index in [0.29, 0.717) is 70.8 Å². The number of carboxylic acid groups (broad SMARTS) is 2. The summed E-state index contributed by atoms with van der Waals surface area (Å²) >= 11 is 0. The lowest BCUT2D eigenvalue weighted by atomic mass is 9.96. The van der Waals surface area contributed by atoms with Crippen molar-refractivity contribution < 1.29 is 96.5 Å². The van der Waals surface area contributed by atoms with Crippen LogP contribution in [0.25, 0.3) is 0 Å². The summed E-state index contributed by atoms with van der Waals surface area (Å²) in [5.41, 5.74) is 51.7. The lowest BCUT2D eigenvalue weighted by molar-refractivity contribution is -0.139. The van der Waals surface area contributed by atoms with E-state index in [0.717, 1.165) is 0 Å². The van der Waals surface area contributed by atoms with E-state index < -0.39 is 248 Å². The molecule has 34 N–H and O–H groups in total. The lowest BCUT2D eigenvalue weighted by Crippen LogP contribution is -2.61. The number of amides is 16. The van der Waals surface area contributed by atoms with Crippen LogP contribution in [0, 0.1) is 23.7 Å². The van der Waals surface area contributed by atoms with E-state index in [2.05, 4.69) is 74.4 Å². The molecule has 0 bridgehead atoms. The molecule has 16 amide bonds. The minimum absolute atomic E-state index is 0.000155. The largest absolute Gasteiger partial charge is 0.481 e. The molecule has 0 saturated carbocycles. The van der Waals surface area contributed by atoms with Crippen LogP contribution >= 0.6 is 0 Å². The van der Waals surface area contributed by atoms with E-state index in [4.69, 9.17) is 56.7 Å². The Bertz CT molecular complexity index is 3300.